The SMILES string of the molecule is Nc1ncnn2c(C3(OCc4ccccc4)O[C@H](C(O)O)C(O)(O)C3(O)O)ccc12. The lowest BCUT2D eigenvalue weighted by molar-refractivity contribution is -0.415. The van der Waals surface area contributed by atoms with E-state index >= 15 is 0 Å². The molecule has 0 radical (unpaired) electrons. The first kappa shape index (κ1) is 20.6. The highest BCUT2D eigenvalue weighted by atomic mass is 16.8. The van der Waals surface area contributed by atoms with Gasteiger partial charge >= 0.3 is 0 Å². The number of nitrogen functional groups attached to an aromatic ring is 1. The quantitative estimate of drug-likeness (QED) is 0.220. The van der Waals surface area contributed by atoms with E-state index in [-0.39, 0.29) is 23.6 Å². The number of rotatable bonds is 5. The van der Waals surface area contributed by atoms with Crippen LogP contribution in [0.3, 0.4) is 0 Å². The van der Waals surface area contributed by atoms with Crippen LogP contribution in [-0.2, 0) is 21.9 Å². The van der Waals surface area contributed by atoms with Crippen molar-refractivity contribution in [1.82, 2.24) is 14.6 Å². The summed E-state index contributed by atoms with van der Waals surface area (Å²) < 4.78 is 12.2. The molecule has 1 saturated heterocycles. The average molecular weight is 420 g/mol. The van der Waals surface area contributed by atoms with Crippen molar-refractivity contribution in [2.45, 2.75) is 36.4 Å². The summed E-state index contributed by atoms with van der Waals surface area (Å²) in [7, 11) is 0. The molecule has 3 heterocycles. The summed E-state index contributed by atoms with van der Waals surface area (Å²) in [4.78, 5) is 3.83. The molecule has 4 rings (SSSR count). The van der Waals surface area contributed by atoms with Crippen LogP contribution in [0.15, 0.2) is 48.8 Å². The third-order valence-electron chi connectivity index (χ3n) is 5.04. The minimum atomic E-state index is -3.57. The second kappa shape index (κ2) is 6.94. The number of hydrogen-bond donors (Lipinski definition) is 7. The second-order valence-corrected chi connectivity index (χ2v) is 6.90. The molecule has 1 unspecified atom stereocenters. The molecular weight excluding hydrogens is 400 g/mol. The molecule has 12 heteroatoms. The van der Waals surface area contributed by atoms with Crippen molar-refractivity contribution in [2.24, 2.45) is 0 Å². The van der Waals surface area contributed by atoms with Crippen LogP contribution in [0.25, 0.3) is 5.52 Å². The van der Waals surface area contributed by atoms with E-state index in [0.717, 1.165) is 10.8 Å². The molecular formula is C18H20N4O8. The van der Waals surface area contributed by atoms with Gasteiger partial charge < -0.3 is 45.8 Å². The van der Waals surface area contributed by atoms with E-state index in [1.54, 1.807) is 30.3 Å². The molecule has 1 aromatic carbocycles. The molecule has 1 aliphatic heterocycles. The van der Waals surface area contributed by atoms with Gasteiger partial charge in [-0.25, -0.2) is 9.50 Å². The Balaban J connectivity index is 1.90. The van der Waals surface area contributed by atoms with Gasteiger partial charge in [-0.05, 0) is 17.7 Å². The third kappa shape index (κ3) is 2.79. The molecule has 3 aromatic rings. The zero-order valence-electron chi connectivity index (χ0n) is 15.4. The molecule has 0 aliphatic carbocycles. The molecule has 0 spiro atoms. The maximum atomic E-state index is 10.8. The summed E-state index contributed by atoms with van der Waals surface area (Å²) >= 11 is 0. The number of fused-ring (bicyclic) bond motifs is 1. The van der Waals surface area contributed by atoms with Gasteiger partial charge in [-0.2, -0.15) is 5.10 Å². The Kier molecular flexibility index (Phi) is 4.76. The van der Waals surface area contributed by atoms with Crippen LogP contribution in [0.1, 0.15) is 11.3 Å². The van der Waals surface area contributed by atoms with Crippen LogP contribution in [-0.4, -0.2) is 69.2 Å². The lowest BCUT2D eigenvalue weighted by Crippen LogP contribution is -2.64. The highest BCUT2D eigenvalue weighted by Crippen LogP contribution is 2.52. The first-order valence-corrected chi connectivity index (χ1v) is 8.82. The predicted octanol–water partition coefficient (Wildman–Crippen LogP) is -2.25. The molecule has 0 amide bonds. The summed E-state index contributed by atoms with van der Waals surface area (Å²) in [6.07, 6.45) is -3.68. The largest absolute Gasteiger partial charge is 0.382 e. The molecule has 2 atom stereocenters. The number of aliphatic hydroxyl groups is 6. The molecule has 0 saturated carbocycles. The van der Waals surface area contributed by atoms with Gasteiger partial charge in [0.15, 0.2) is 18.2 Å². The topological polar surface area (TPSA) is 196 Å². The van der Waals surface area contributed by atoms with Crippen LogP contribution in [0.5, 0.6) is 0 Å². The van der Waals surface area contributed by atoms with Crippen molar-refractivity contribution in [2.75, 3.05) is 5.73 Å². The summed E-state index contributed by atoms with van der Waals surface area (Å²) in [5, 5.41) is 65.5. The first-order chi connectivity index (χ1) is 14.1. The summed E-state index contributed by atoms with van der Waals surface area (Å²) in [6, 6.07) is 11.3. The Hall–Kier alpha value is -2.68. The fraction of sp³-hybridized carbons (Fsp3) is 0.333. The summed E-state index contributed by atoms with van der Waals surface area (Å²) in [5.74, 6) is -9.78. The lowest BCUT2D eigenvalue weighted by Gasteiger charge is -2.38. The van der Waals surface area contributed by atoms with E-state index in [1.807, 2.05) is 0 Å². The standard InChI is InChI=1S/C18H20N4O8/c19-14-11-6-7-12(22(11)21-9-20-14)17(29-8-10-4-2-1-3-5-10)18(27,28)16(25,26)13(30-17)15(23)24/h1-7,9,13,15,23-28H,8H2,(H2,19,20,21)/t13-,17?/m1/s1. The number of aromatic nitrogens is 3. The van der Waals surface area contributed by atoms with Crippen LogP contribution >= 0.6 is 0 Å². The number of ether oxygens (including phenoxy) is 2. The maximum Gasteiger partial charge on any atom is 0.284 e. The Morgan fingerprint density at radius 2 is 1.80 bits per heavy atom. The Bertz CT molecular complexity index is 1050. The average Bonchev–Trinajstić information content (AvgIpc) is 3.20. The van der Waals surface area contributed by atoms with E-state index in [9.17, 15) is 30.6 Å². The van der Waals surface area contributed by atoms with Crippen LogP contribution in [0, 0.1) is 0 Å². The number of nitrogens with two attached hydrogens (primary N) is 1. The molecule has 1 aliphatic rings. The van der Waals surface area contributed by atoms with E-state index in [4.69, 9.17) is 15.2 Å². The predicted molar refractivity (Wildman–Crippen MR) is 97.7 cm³/mol. The smallest absolute Gasteiger partial charge is 0.284 e. The number of hydrogen-bond acceptors (Lipinski definition) is 11. The lowest BCUT2D eigenvalue weighted by atomic mass is 9.94. The van der Waals surface area contributed by atoms with Crippen molar-refractivity contribution in [1.29, 1.82) is 0 Å². The summed E-state index contributed by atoms with van der Waals surface area (Å²) in [5.41, 5.74) is 6.43. The molecule has 160 valence electrons. The minimum absolute atomic E-state index is 0.0481. The molecule has 30 heavy (non-hydrogen) atoms. The van der Waals surface area contributed by atoms with Crippen molar-refractivity contribution in [3.8, 4) is 0 Å². The maximum absolute atomic E-state index is 10.8. The van der Waals surface area contributed by atoms with E-state index in [2.05, 4.69) is 10.1 Å². The van der Waals surface area contributed by atoms with Gasteiger partial charge in [0.25, 0.3) is 17.4 Å². The van der Waals surface area contributed by atoms with Gasteiger partial charge in [-0.1, -0.05) is 30.3 Å². The number of aliphatic hydroxyl groups excluding tert-OH is 1. The highest BCUT2D eigenvalue weighted by molar-refractivity contribution is 5.65. The van der Waals surface area contributed by atoms with E-state index < -0.39 is 29.8 Å². The van der Waals surface area contributed by atoms with E-state index in [0.29, 0.717) is 5.56 Å². The van der Waals surface area contributed by atoms with Gasteiger partial charge in [-0.15, -0.1) is 0 Å². The zero-order valence-corrected chi connectivity index (χ0v) is 15.4. The monoisotopic (exact) mass is 420 g/mol. The fourth-order valence-corrected chi connectivity index (χ4v) is 3.46. The zero-order chi connectivity index (χ0) is 21.7. The Morgan fingerprint density at radius 3 is 2.43 bits per heavy atom. The molecule has 0 bridgehead atoms. The molecule has 2 aromatic heterocycles. The highest BCUT2D eigenvalue weighted by Gasteiger charge is 2.77. The first-order valence-electron chi connectivity index (χ1n) is 8.82. The van der Waals surface area contributed by atoms with Crippen LogP contribution < -0.4 is 5.73 Å². The van der Waals surface area contributed by atoms with Crippen LogP contribution in [0.2, 0.25) is 0 Å². The number of nitrogens with zero attached hydrogens (tertiary/aromatic N) is 3. The Labute approximate surface area is 169 Å². The van der Waals surface area contributed by atoms with Gasteiger partial charge in [0.2, 0.25) is 0 Å². The van der Waals surface area contributed by atoms with Crippen molar-refractivity contribution >= 4 is 11.3 Å². The van der Waals surface area contributed by atoms with Crippen molar-refractivity contribution < 1.29 is 40.1 Å². The van der Waals surface area contributed by atoms with Gasteiger partial charge in [0.1, 0.15) is 17.5 Å². The molecule has 8 N–H and O–H groups in total. The van der Waals surface area contributed by atoms with Crippen molar-refractivity contribution in [3.63, 3.8) is 0 Å². The van der Waals surface area contributed by atoms with Gasteiger partial charge in [0.05, 0.1) is 6.61 Å². The third-order valence-corrected chi connectivity index (χ3v) is 5.04. The van der Waals surface area contributed by atoms with Gasteiger partial charge in [-0.3, -0.25) is 0 Å². The van der Waals surface area contributed by atoms with E-state index in [1.165, 1.54) is 12.1 Å². The molecule has 12 nitrogen and oxygen atoms in total. The van der Waals surface area contributed by atoms with Crippen molar-refractivity contribution in [3.05, 3.63) is 60.0 Å². The van der Waals surface area contributed by atoms with Gasteiger partial charge in [0, 0.05) is 0 Å². The Morgan fingerprint density at radius 1 is 1.10 bits per heavy atom. The number of benzene rings is 1. The minimum Gasteiger partial charge on any atom is -0.382 e. The molecule has 1 fully saturated rings. The second-order valence-electron chi connectivity index (χ2n) is 6.90. The fourth-order valence-electron chi connectivity index (χ4n) is 3.46. The summed E-state index contributed by atoms with van der Waals surface area (Å²) in [6.45, 7) is -0.276. The normalized spacial score (nSPS) is 25.2. The van der Waals surface area contributed by atoms with Crippen LogP contribution in [0.4, 0.5) is 5.82 Å². The number of anilines is 1.